The minimum atomic E-state index is 0.896. The minimum Gasteiger partial charge on any atom is -0.456 e. The minimum absolute atomic E-state index is 0.896. The van der Waals surface area contributed by atoms with Gasteiger partial charge in [0.1, 0.15) is 11.2 Å². The van der Waals surface area contributed by atoms with Crippen LogP contribution in [0.25, 0.3) is 108 Å². The van der Waals surface area contributed by atoms with Crippen molar-refractivity contribution in [3.05, 3.63) is 170 Å². The fraction of sp³-hybridized carbons (Fsp3) is 0. The first kappa shape index (κ1) is 28.1. The summed E-state index contributed by atoms with van der Waals surface area (Å²) in [5.41, 5.74) is 11.2. The first-order valence-electron chi connectivity index (χ1n) is 17.7. The molecule has 0 unspecified atom stereocenters. The van der Waals surface area contributed by atoms with E-state index in [9.17, 15) is 0 Å². The van der Waals surface area contributed by atoms with Gasteiger partial charge in [-0.3, -0.25) is 0 Å². The average Bonchev–Trinajstić information content (AvgIpc) is 3.93. The van der Waals surface area contributed by atoms with Crippen molar-refractivity contribution in [3.63, 3.8) is 0 Å². The molecule has 0 atom stereocenters. The number of nitrogens with zero attached hydrogens (tertiary/aromatic N) is 2. The van der Waals surface area contributed by atoms with E-state index in [1.165, 1.54) is 75.1 Å². The van der Waals surface area contributed by atoms with Crippen molar-refractivity contribution in [2.45, 2.75) is 0 Å². The van der Waals surface area contributed by atoms with E-state index in [0.717, 1.165) is 33.1 Å². The standard InChI is InChI=1S/C48H28N2OS/c1-3-11-31(12-4-1)49-41-17-9-7-15-33(41)36-25-39-38-24-30(20-22-45(38)51-46(39)27-43(36)49)29-19-21-42-35(23-29)37-26-40-34-16-8-10-18-47(34)52-48(40)28-44(37)50(42)32-13-5-2-6-14-32/h1-28H. The normalized spacial score (nSPS) is 12.2. The topological polar surface area (TPSA) is 23.0 Å². The van der Waals surface area contributed by atoms with Crippen molar-refractivity contribution in [1.29, 1.82) is 0 Å². The number of para-hydroxylation sites is 3. The summed E-state index contributed by atoms with van der Waals surface area (Å²) in [6.45, 7) is 0. The van der Waals surface area contributed by atoms with Gasteiger partial charge in [0.15, 0.2) is 0 Å². The molecule has 0 radical (unpaired) electrons. The summed E-state index contributed by atoms with van der Waals surface area (Å²) in [5.74, 6) is 0. The molecule has 3 nitrogen and oxygen atoms in total. The lowest BCUT2D eigenvalue weighted by molar-refractivity contribution is 0.669. The average molecular weight is 681 g/mol. The lowest BCUT2D eigenvalue weighted by atomic mass is 10.00. The molecular weight excluding hydrogens is 653 g/mol. The summed E-state index contributed by atoms with van der Waals surface area (Å²) in [7, 11) is 0. The van der Waals surface area contributed by atoms with Gasteiger partial charge in [-0.1, -0.05) is 84.9 Å². The second-order valence-electron chi connectivity index (χ2n) is 13.7. The highest BCUT2D eigenvalue weighted by atomic mass is 32.1. The van der Waals surface area contributed by atoms with Gasteiger partial charge in [0.25, 0.3) is 0 Å². The molecule has 0 amide bonds. The van der Waals surface area contributed by atoms with Crippen LogP contribution in [-0.4, -0.2) is 9.13 Å². The summed E-state index contributed by atoms with van der Waals surface area (Å²) in [5, 5.41) is 9.88. The quantitative estimate of drug-likeness (QED) is 0.182. The predicted molar refractivity (Wildman–Crippen MR) is 221 cm³/mol. The van der Waals surface area contributed by atoms with Crippen molar-refractivity contribution < 1.29 is 4.42 Å². The summed E-state index contributed by atoms with van der Waals surface area (Å²) in [6.07, 6.45) is 0. The van der Waals surface area contributed by atoms with Gasteiger partial charge in [-0.25, -0.2) is 0 Å². The fourth-order valence-corrected chi connectivity index (χ4v) is 9.67. The fourth-order valence-electron chi connectivity index (χ4n) is 8.55. The summed E-state index contributed by atoms with van der Waals surface area (Å²) >= 11 is 1.87. The number of rotatable bonds is 3. The molecule has 8 aromatic carbocycles. The van der Waals surface area contributed by atoms with Crippen LogP contribution in [0.4, 0.5) is 0 Å². The maximum atomic E-state index is 6.57. The van der Waals surface area contributed by atoms with Crippen LogP contribution in [0, 0.1) is 0 Å². The highest BCUT2D eigenvalue weighted by Crippen LogP contribution is 2.43. The van der Waals surface area contributed by atoms with E-state index in [-0.39, 0.29) is 0 Å². The highest BCUT2D eigenvalue weighted by Gasteiger charge is 2.19. The smallest absolute Gasteiger partial charge is 0.137 e. The Morgan fingerprint density at radius 1 is 0.327 bits per heavy atom. The lowest BCUT2D eigenvalue weighted by Gasteiger charge is -2.08. The number of hydrogen-bond donors (Lipinski definition) is 0. The zero-order valence-electron chi connectivity index (χ0n) is 27.9. The van der Waals surface area contributed by atoms with Gasteiger partial charge in [-0.15, -0.1) is 11.3 Å². The molecule has 12 aromatic rings. The third kappa shape index (κ3) is 3.90. The zero-order chi connectivity index (χ0) is 33.9. The molecule has 12 rings (SSSR count). The largest absolute Gasteiger partial charge is 0.456 e. The van der Waals surface area contributed by atoms with Gasteiger partial charge in [0.2, 0.25) is 0 Å². The summed E-state index contributed by atoms with van der Waals surface area (Å²) < 4.78 is 14.0. The molecule has 52 heavy (non-hydrogen) atoms. The van der Waals surface area contributed by atoms with Gasteiger partial charge in [0, 0.05) is 69.9 Å². The van der Waals surface area contributed by atoms with Crippen LogP contribution in [0.1, 0.15) is 0 Å². The van der Waals surface area contributed by atoms with Crippen molar-refractivity contribution >= 4 is 97.1 Å². The maximum absolute atomic E-state index is 6.57. The highest BCUT2D eigenvalue weighted by molar-refractivity contribution is 7.25. The monoisotopic (exact) mass is 680 g/mol. The van der Waals surface area contributed by atoms with Gasteiger partial charge >= 0.3 is 0 Å². The second-order valence-corrected chi connectivity index (χ2v) is 14.8. The molecule has 0 bridgehead atoms. The molecule has 0 aliphatic carbocycles. The molecule has 242 valence electrons. The van der Waals surface area contributed by atoms with E-state index in [1.807, 2.05) is 11.3 Å². The van der Waals surface area contributed by atoms with E-state index in [4.69, 9.17) is 4.42 Å². The molecule has 0 saturated carbocycles. The number of fused-ring (bicyclic) bond motifs is 12. The Morgan fingerprint density at radius 3 is 1.67 bits per heavy atom. The van der Waals surface area contributed by atoms with Gasteiger partial charge < -0.3 is 13.6 Å². The first-order chi connectivity index (χ1) is 25.8. The Balaban J connectivity index is 1.09. The van der Waals surface area contributed by atoms with E-state index in [1.54, 1.807) is 0 Å². The molecule has 0 N–H and O–H groups in total. The molecule has 4 heterocycles. The predicted octanol–water partition coefficient (Wildman–Crippen LogP) is 13.8. The Morgan fingerprint density at radius 2 is 0.885 bits per heavy atom. The molecule has 0 spiro atoms. The van der Waals surface area contributed by atoms with Gasteiger partial charge in [-0.05, 0) is 90.0 Å². The van der Waals surface area contributed by atoms with Crippen LogP contribution < -0.4 is 0 Å². The number of hydrogen-bond acceptors (Lipinski definition) is 2. The Bertz CT molecular complexity index is 3400. The molecule has 4 heteroatoms. The van der Waals surface area contributed by atoms with Crippen LogP contribution >= 0.6 is 11.3 Å². The van der Waals surface area contributed by atoms with Crippen molar-refractivity contribution in [1.82, 2.24) is 9.13 Å². The number of benzene rings is 8. The molecule has 0 fully saturated rings. The van der Waals surface area contributed by atoms with E-state index >= 15 is 0 Å². The molecule has 4 aromatic heterocycles. The molecule has 0 saturated heterocycles. The van der Waals surface area contributed by atoms with Crippen LogP contribution in [0.5, 0.6) is 0 Å². The molecule has 0 aliphatic heterocycles. The SMILES string of the molecule is c1ccc(-n2c3ccccc3c3cc4c(cc32)oc2ccc(-c3ccc5c(c3)c3cc6c(cc3n5-c3ccccc3)sc3ccccc36)cc24)cc1. The van der Waals surface area contributed by atoms with Crippen LogP contribution in [0.3, 0.4) is 0 Å². The Kier molecular flexibility index (Phi) is 5.65. The van der Waals surface area contributed by atoms with Crippen LogP contribution in [0.2, 0.25) is 0 Å². The van der Waals surface area contributed by atoms with E-state index in [2.05, 4.69) is 179 Å². The summed E-state index contributed by atoms with van der Waals surface area (Å²) in [6, 6.07) is 61.7. The van der Waals surface area contributed by atoms with Crippen molar-refractivity contribution in [3.8, 4) is 22.5 Å². The number of thiophene rings is 1. The third-order valence-electron chi connectivity index (χ3n) is 10.9. The second kappa shape index (κ2) is 10.5. The van der Waals surface area contributed by atoms with Crippen molar-refractivity contribution in [2.24, 2.45) is 0 Å². The van der Waals surface area contributed by atoms with E-state index in [0.29, 0.717) is 0 Å². The van der Waals surface area contributed by atoms with Crippen molar-refractivity contribution in [2.75, 3.05) is 0 Å². The number of furan rings is 1. The van der Waals surface area contributed by atoms with Crippen LogP contribution in [0.15, 0.2) is 174 Å². The van der Waals surface area contributed by atoms with E-state index < -0.39 is 0 Å². The zero-order valence-corrected chi connectivity index (χ0v) is 28.7. The van der Waals surface area contributed by atoms with Crippen LogP contribution in [-0.2, 0) is 0 Å². The summed E-state index contributed by atoms with van der Waals surface area (Å²) in [4.78, 5) is 0. The van der Waals surface area contributed by atoms with Gasteiger partial charge in [0.05, 0.1) is 22.1 Å². The first-order valence-corrected chi connectivity index (χ1v) is 18.5. The third-order valence-corrected chi connectivity index (χ3v) is 12.0. The maximum Gasteiger partial charge on any atom is 0.137 e. The molecule has 0 aliphatic rings. The Labute approximate surface area is 301 Å². The Hall–Kier alpha value is -6.62. The molecular formula is C48H28N2OS. The lowest BCUT2D eigenvalue weighted by Crippen LogP contribution is -1.92. The van der Waals surface area contributed by atoms with Gasteiger partial charge in [-0.2, -0.15) is 0 Å². The number of aromatic nitrogens is 2.